The predicted molar refractivity (Wildman–Crippen MR) is 26.8 cm³/mol. The molecule has 0 fully saturated rings. The standard InChI is InChI=1S/C5H7N.W/c1-2-4-6-5-3-1;/h1-2,6H,3,5H2;. The molecule has 0 bridgehead atoms. The molecule has 1 heterocycles. The fraction of sp³-hybridized carbons (Fsp3) is 0.400. The van der Waals surface area contributed by atoms with Crippen molar-refractivity contribution in [1.29, 1.82) is 0 Å². The van der Waals surface area contributed by atoms with E-state index in [-0.39, 0.29) is 0 Å². The first-order chi connectivity index (χ1) is 3.39. The van der Waals surface area contributed by atoms with Crippen LogP contribution in [0.3, 0.4) is 0 Å². The zero-order valence-corrected chi connectivity index (χ0v) is 6.91. The van der Waals surface area contributed by atoms with E-state index < -0.39 is 0 Å². The number of hydrogen-bond acceptors (Lipinski definition) is 1. The summed E-state index contributed by atoms with van der Waals surface area (Å²) in [5.74, 6) is 0. The molecule has 0 aromatic rings. The Kier molecular flexibility index (Phi) is 1.96. The summed E-state index contributed by atoms with van der Waals surface area (Å²) in [5.41, 5.74) is 0. The summed E-state index contributed by atoms with van der Waals surface area (Å²) in [5, 5.41) is 3.25. The Morgan fingerprint density at radius 2 is 2.57 bits per heavy atom. The minimum absolute atomic E-state index is 1.13. The molecule has 0 saturated heterocycles. The Morgan fingerprint density at radius 1 is 1.71 bits per heavy atom. The number of nitrogens with one attached hydrogen (secondary N) is 1. The Morgan fingerprint density at radius 3 is 2.86 bits per heavy atom. The summed E-state index contributed by atoms with van der Waals surface area (Å²) < 4.78 is 1.37. The summed E-state index contributed by atoms with van der Waals surface area (Å²) >= 11 is 1.53. The van der Waals surface area contributed by atoms with Gasteiger partial charge in [0.2, 0.25) is 0 Å². The summed E-state index contributed by atoms with van der Waals surface area (Å²) in [6, 6.07) is 0. The van der Waals surface area contributed by atoms with E-state index in [0.717, 1.165) is 6.54 Å². The normalized spacial score (nSPS) is 20.3. The van der Waals surface area contributed by atoms with Crippen molar-refractivity contribution >= 4 is 4.02 Å². The molecule has 1 aliphatic heterocycles. The molecule has 1 rings (SSSR count). The maximum atomic E-state index is 3.25. The molecule has 1 N–H and O–H groups in total. The van der Waals surface area contributed by atoms with Crippen molar-refractivity contribution in [2.45, 2.75) is 6.42 Å². The topological polar surface area (TPSA) is 12.0 Å². The van der Waals surface area contributed by atoms with Crippen LogP contribution in [0.25, 0.3) is 0 Å². The zero-order valence-electron chi connectivity index (χ0n) is 3.98. The third-order valence-electron chi connectivity index (χ3n) is 0.879. The molecule has 0 spiro atoms. The van der Waals surface area contributed by atoms with Gasteiger partial charge in [-0.05, 0) is 0 Å². The van der Waals surface area contributed by atoms with Crippen LogP contribution in [-0.4, -0.2) is 10.6 Å². The third-order valence-corrected chi connectivity index (χ3v) is 1.89. The van der Waals surface area contributed by atoms with Crippen molar-refractivity contribution in [3.63, 3.8) is 0 Å². The maximum absolute atomic E-state index is 3.25. The van der Waals surface area contributed by atoms with Gasteiger partial charge in [0.1, 0.15) is 0 Å². The van der Waals surface area contributed by atoms with Gasteiger partial charge in [-0.25, -0.2) is 0 Å². The van der Waals surface area contributed by atoms with Crippen LogP contribution in [-0.2, 0) is 19.4 Å². The van der Waals surface area contributed by atoms with Crippen molar-refractivity contribution in [2.24, 2.45) is 0 Å². The van der Waals surface area contributed by atoms with E-state index in [1.165, 1.54) is 29.8 Å². The molecule has 0 aromatic heterocycles. The van der Waals surface area contributed by atoms with E-state index in [4.69, 9.17) is 0 Å². The van der Waals surface area contributed by atoms with E-state index in [1.54, 1.807) is 0 Å². The molecule has 1 aliphatic rings. The monoisotopic (exact) mass is 265 g/mol. The molecular formula is C5H7NW. The van der Waals surface area contributed by atoms with Crippen molar-refractivity contribution in [1.82, 2.24) is 5.32 Å². The second-order valence-corrected chi connectivity index (χ2v) is 3.06. The first kappa shape index (κ1) is 5.40. The zero-order chi connectivity index (χ0) is 5.11. The van der Waals surface area contributed by atoms with Gasteiger partial charge < -0.3 is 0 Å². The van der Waals surface area contributed by atoms with Gasteiger partial charge in [0, 0.05) is 0 Å². The SMILES string of the molecule is [W]=[C]1C=CCCN1. The van der Waals surface area contributed by atoms with Crippen molar-refractivity contribution in [2.75, 3.05) is 6.54 Å². The van der Waals surface area contributed by atoms with E-state index >= 15 is 0 Å². The van der Waals surface area contributed by atoms with Gasteiger partial charge in [0.15, 0.2) is 0 Å². The summed E-state index contributed by atoms with van der Waals surface area (Å²) in [4.78, 5) is 0. The molecular weight excluding hydrogens is 258 g/mol. The van der Waals surface area contributed by atoms with Gasteiger partial charge >= 0.3 is 53.8 Å². The quantitative estimate of drug-likeness (QED) is 0.660. The summed E-state index contributed by atoms with van der Waals surface area (Å²) in [6.07, 6.45) is 5.55. The van der Waals surface area contributed by atoms with Gasteiger partial charge in [-0.15, -0.1) is 0 Å². The fourth-order valence-electron chi connectivity index (χ4n) is 0.528. The molecule has 1 nitrogen and oxygen atoms in total. The molecule has 0 aliphatic carbocycles. The van der Waals surface area contributed by atoms with Gasteiger partial charge in [-0.1, -0.05) is 0 Å². The fourth-order valence-corrected chi connectivity index (χ4v) is 1.24. The van der Waals surface area contributed by atoms with E-state index in [2.05, 4.69) is 17.5 Å². The number of rotatable bonds is 0. The number of hydrogen-bond donors (Lipinski definition) is 1. The van der Waals surface area contributed by atoms with Gasteiger partial charge in [-0.2, -0.15) is 0 Å². The van der Waals surface area contributed by atoms with Gasteiger partial charge in [0.25, 0.3) is 0 Å². The van der Waals surface area contributed by atoms with Crippen LogP contribution in [0.5, 0.6) is 0 Å². The summed E-state index contributed by atoms with van der Waals surface area (Å²) in [6.45, 7) is 1.13. The third kappa shape index (κ3) is 1.66. The first-order valence-corrected chi connectivity index (χ1v) is 3.80. The van der Waals surface area contributed by atoms with Gasteiger partial charge in [0.05, 0.1) is 0 Å². The second-order valence-electron chi connectivity index (χ2n) is 1.48. The Balaban J connectivity index is 2.51. The van der Waals surface area contributed by atoms with Gasteiger partial charge in [-0.3, -0.25) is 0 Å². The molecule has 2 heteroatoms. The molecule has 38 valence electrons. The first-order valence-electron chi connectivity index (χ1n) is 2.34. The molecule has 0 aromatic carbocycles. The molecule has 0 radical (unpaired) electrons. The van der Waals surface area contributed by atoms with Crippen LogP contribution in [0.1, 0.15) is 6.42 Å². The predicted octanol–water partition coefficient (Wildman–Crippen LogP) is 0.213. The molecule has 0 unspecified atom stereocenters. The van der Waals surface area contributed by atoms with Crippen molar-refractivity contribution in [3.05, 3.63) is 12.2 Å². The second kappa shape index (κ2) is 2.54. The van der Waals surface area contributed by atoms with Crippen molar-refractivity contribution in [3.8, 4) is 0 Å². The Hall–Kier alpha value is 0.258. The van der Waals surface area contributed by atoms with E-state index in [0.29, 0.717) is 0 Å². The van der Waals surface area contributed by atoms with Crippen LogP contribution >= 0.6 is 0 Å². The van der Waals surface area contributed by atoms with Crippen LogP contribution in [0.15, 0.2) is 12.2 Å². The summed E-state index contributed by atoms with van der Waals surface area (Å²) in [7, 11) is 0. The van der Waals surface area contributed by atoms with E-state index in [1.807, 2.05) is 0 Å². The van der Waals surface area contributed by atoms with Crippen LogP contribution in [0.2, 0.25) is 0 Å². The average molecular weight is 265 g/mol. The molecule has 0 amide bonds. The molecule has 7 heavy (non-hydrogen) atoms. The Bertz CT molecular complexity index is 107. The van der Waals surface area contributed by atoms with Crippen LogP contribution in [0.4, 0.5) is 0 Å². The van der Waals surface area contributed by atoms with Crippen molar-refractivity contribution < 1.29 is 19.4 Å². The van der Waals surface area contributed by atoms with E-state index in [9.17, 15) is 0 Å². The van der Waals surface area contributed by atoms with Crippen LogP contribution in [0, 0.1) is 0 Å². The van der Waals surface area contributed by atoms with Crippen LogP contribution < -0.4 is 5.32 Å². The molecule has 0 saturated carbocycles. The average Bonchev–Trinajstić information content (AvgIpc) is 1.69. The minimum atomic E-state index is 1.13. The Labute approximate surface area is 54.2 Å². The molecule has 0 atom stereocenters.